The monoisotopic (exact) mass is 266 g/mol. The van der Waals surface area contributed by atoms with Crippen molar-refractivity contribution in [2.24, 2.45) is 0 Å². The second kappa shape index (κ2) is 5.37. The summed E-state index contributed by atoms with van der Waals surface area (Å²) in [4.78, 5) is 0. The Morgan fingerprint density at radius 3 is 2.60 bits per heavy atom. The lowest BCUT2D eigenvalue weighted by atomic mass is 10.1. The number of hydrogen-bond donors (Lipinski definition) is 0. The molecule has 0 atom stereocenters. The van der Waals surface area contributed by atoms with E-state index in [2.05, 4.69) is 25.1 Å². The maximum Gasteiger partial charge on any atom is 0.119 e. The summed E-state index contributed by atoms with van der Waals surface area (Å²) in [5.41, 5.74) is 3.36. The van der Waals surface area contributed by atoms with Crippen LogP contribution in [0, 0.1) is 0 Å². The molecule has 0 spiro atoms. The Morgan fingerprint density at radius 2 is 1.90 bits per heavy atom. The lowest BCUT2D eigenvalue weighted by Gasteiger charge is -2.06. The van der Waals surface area contributed by atoms with E-state index in [-0.39, 0.29) is 0 Å². The topological polar surface area (TPSA) is 27.1 Å². The lowest BCUT2D eigenvalue weighted by Crippen LogP contribution is -2.01. The van der Waals surface area contributed by atoms with E-state index in [1.807, 2.05) is 35.0 Å². The van der Waals surface area contributed by atoms with Crippen LogP contribution >= 0.6 is 0 Å². The van der Waals surface area contributed by atoms with E-state index in [9.17, 15) is 0 Å². The molecule has 0 aliphatic carbocycles. The smallest absolute Gasteiger partial charge is 0.119 e. The number of methoxy groups -OCH3 is 1. The van der Waals surface area contributed by atoms with Gasteiger partial charge in [-0.2, -0.15) is 5.10 Å². The predicted molar refractivity (Wildman–Crippen MR) is 81.6 cm³/mol. The average molecular weight is 266 g/mol. The molecule has 0 unspecified atom stereocenters. The molecular weight excluding hydrogens is 248 g/mol. The van der Waals surface area contributed by atoms with Crippen molar-refractivity contribution in [2.75, 3.05) is 7.11 Å². The summed E-state index contributed by atoms with van der Waals surface area (Å²) in [5.74, 6) is 0.877. The Labute approximate surface area is 118 Å². The number of para-hydroxylation sites is 1. The third-order valence-electron chi connectivity index (χ3n) is 3.47. The fourth-order valence-electron chi connectivity index (χ4n) is 2.50. The molecule has 0 aliphatic rings. The van der Waals surface area contributed by atoms with Crippen LogP contribution in [0.5, 0.6) is 5.75 Å². The minimum absolute atomic E-state index is 0.877. The summed E-state index contributed by atoms with van der Waals surface area (Å²) in [5, 5.41) is 5.91. The first-order valence-electron chi connectivity index (χ1n) is 6.94. The largest absolute Gasteiger partial charge is 0.497 e. The molecule has 0 saturated heterocycles. The zero-order valence-electron chi connectivity index (χ0n) is 11.8. The first-order chi connectivity index (χ1) is 9.83. The van der Waals surface area contributed by atoms with Crippen LogP contribution in [-0.4, -0.2) is 16.9 Å². The van der Waals surface area contributed by atoms with E-state index in [4.69, 9.17) is 9.84 Å². The minimum Gasteiger partial charge on any atom is -0.497 e. The Bertz CT molecular complexity index is 716. The van der Waals surface area contributed by atoms with Gasteiger partial charge in [-0.1, -0.05) is 31.5 Å². The SMILES string of the molecule is CCCc1c2cc(OC)ccc2nn1-c1ccccc1. The number of benzene rings is 2. The quantitative estimate of drug-likeness (QED) is 0.714. The van der Waals surface area contributed by atoms with Crippen LogP contribution in [0.2, 0.25) is 0 Å². The number of hydrogen-bond acceptors (Lipinski definition) is 2. The van der Waals surface area contributed by atoms with E-state index < -0.39 is 0 Å². The van der Waals surface area contributed by atoms with Gasteiger partial charge >= 0.3 is 0 Å². The van der Waals surface area contributed by atoms with Crippen molar-refractivity contribution in [3.63, 3.8) is 0 Å². The Morgan fingerprint density at radius 1 is 1.10 bits per heavy atom. The zero-order chi connectivity index (χ0) is 13.9. The summed E-state index contributed by atoms with van der Waals surface area (Å²) in [6, 6.07) is 16.3. The second-order valence-corrected chi connectivity index (χ2v) is 4.83. The number of rotatable bonds is 4. The molecule has 3 nitrogen and oxygen atoms in total. The molecule has 3 aromatic rings. The number of fused-ring (bicyclic) bond motifs is 1. The lowest BCUT2D eigenvalue weighted by molar-refractivity contribution is 0.415. The molecule has 1 aromatic heterocycles. The van der Waals surface area contributed by atoms with E-state index in [0.29, 0.717) is 0 Å². The number of nitrogens with zero attached hydrogens (tertiary/aromatic N) is 2. The molecule has 0 fully saturated rings. The van der Waals surface area contributed by atoms with Crippen molar-refractivity contribution in [3.05, 3.63) is 54.2 Å². The molecule has 2 aromatic carbocycles. The van der Waals surface area contributed by atoms with E-state index in [1.165, 1.54) is 11.1 Å². The van der Waals surface area contributed by atoms with Crippen LogP contribution in [0.1, 0.15) is 19.0 Å². The summed E-state index contributed by atoms with van der Waals surface area (Å²) in [6.45, 7) is 2.19. The predicted octanol–water partition coefficient (Wildman–Crippen LogP) is 3.99. The van der Waals surface area contributed by atoms with E-state index in [1.54, 1.807) is 7.11 Å². The molecule has 3 rings (SSSR count). The average Bonchev–Trinajstić information content (AvgIpc) is 2.86. The van der Waals surface area contributed by atoms with Crippen molar-refractivity contribution >= 4 is 10.9 Å². The molecule has 0 saturated carbocycles. The number of aryl methyl sites for hydroxylation is 1. The highest BCUT2D eigenvalue weighted by Gasteiger charge is 2.12. The normalized spacial score (nSPS) is 10.9. The Balaban J connectivity index is 2.23. The third-order valence-corrected chi connectivity index (χ3v) is 3.47. The summed E-state index contributed by atoms with van der Waals surface area (Å²) >= 11 is 0. The minimum atomic E-state index is 0.877. The van der Waals surface area contributed by atoms with Gasteiger partial charge in [0.15, 0.2) is 0 Å². The molecule has 102 valence electrons. The Kier molecular flexibility index (Phi) is 3.42. The molecule has 0 N–H and O–H groups in total. The van der Waals surface area contributed by atoms with Crippen LogP contribution in [0.25, 0.3) is 16.6 Å². The molecule has 20 heavy (non-hydrogen) atoms. The maximum absolute atomic E-state index is 5.33. The standard InChI is InChI=1S/C17H18N2O/c1-3-7-17-15-12-14(20-2)10-11-16(15)18-19(17)13-8-5-4-6-9-13/h4-6,8-12H,3,7H2,1-2H3. The van der Waals surface area contributed by atoms with Crippen LogP contribution in [0.3, 0.4) is 0 Å². The van der Waals surface area contributed by atoms with Crippen LogP contribution in [-0.2, 0) is 6.42 Å². The van der Waals surface area contributed by atoms with E-state index >= 15 is 0 Å². The molecule has 3 heteroatoms. The Hall–Kier alpha value is -2.29. The van der Waals surface area contributed by atoms with Crippen LogP contribution in [0.4, 0.5) is 0 Å². The van der Waals surface area contributed by atoms with Gasteiger partial charge in [0.1, 0.15) is 5.75 Å². The van der Waals surface area contributed by atoms with Gasteiger partial charge in [-0.3, -0.25) is 0 Å². The van der Waals surface area contributed by atoms with Gasteiger partial charge in [-0.05, 0) is 36.8 Å². The van der Waals surface area contributed by atoms with Gasteiger partial charge in [0.2, 0.25) is 0 Å². The molecule has 0 bridgehead atoms. The highest BCUT2D eigenvalue weighted by atomic mass is 16.5. The van der Waals surface area contributed by atoms with Gasteiger partial charge in [-0.25, -0.2) is 4.68 Å². The van der Waals surface area contributed by atoms with Gasteiger partial charge in [0.25, 0.3) is 0 Å². The maximum atomic E-state index is 5.33. The fourth-order valence-corrected chi connectivity index (χ4v) is 2.50. The van der Waals surface area contributed by atoms with Crippen molar-refractivity contribution < 1.29 is 4.74 Å². The van der Waals surface area contributed by atoms with Crippen molar-refractivity contribution in [1.82, 2.24) is 9.78 Å². The molecule has 1 heterocycles. The first kappa shape index (κ1) is 12.7. The molecular formula is C17H18N2O. The summed E-state index contributed by atoms with van der Waals surface area (Å²) in [7, 11) is 1.70. The van der Waals surface area contributed by atoms with Crippen molar-refractivity contribution in [2.45, 2.75) is 19.8 Å². The molecule has 0 amide bonds. The number of aromatic nitrogens is 2. The van der Waals surface area contributed by atoms with Crippen LogP contribution < -0.4 is 4.74 Å². The van der Waals surface area contributed by atoms with Gasteiger partial charge < -0.3 is 4.74 Å². The summed E-state index contributed by atoms with van der Waals surface area (Å²) in [6.07, 6.45) is 2.09. The summed E-state index contributed by atoms with van der Waals surface area (Å²) < 4.78 is 7.38. The second-order valence-electron chi connectivity index (χ2n) is 4.83. The zero-order valence-corrected chi connectivity index (χ0v) is 11.8. The molecule has 0 aliphatic heterocycles. The van der Waals surface area contributed by atoms with Gasteiger partial charge in [0, 0.05) is 5.39 Å². The van der Waals surface area contributed by atoms with Crippen molar-refractivity contribution in [3.8, 4) is 11.4 Å². The highest BCUT2D eigenvalue weighted by molar-refractivity contribution is 5.83. The van der Waals surface area contributed by atoms with Crippen LogP contribution in [0.15, 0.2) is 48.5 Å². The molecule has 0 radical (unpaired) electrons. The van der Waals surface area contributed by atoms with Crippen molar-refractivity contribution in [1.29, 1.82) is 0 Å². The fraction of sp³-hybridized carbons (Fsp3) is 0.235. The van der Waals surface area contributed by atoms with Gasteiger partial charge in [0.05, 0.1) is 24.0 Å². The van der Waals surface area contributed by atoms with Gasteiger partial charge in [-0.15, -0.1) is 0 Å². The highest BCUT2D eigenvalue weighted by Crippen LogP contribution is 2.26. The number of ether oxygens (including phenoxy) is 1. The third kappa shape index (κ3) is 2.16. The first-order valence-corrected chi connectivity index (χ1v) is 6.94. The van der Waals surface area contributed by atoms with E-state index in [0.717, 1.165) is 29.8 Å².